The second kappa shape index (κ2) is 6.99. The Labute approximate surface area is 141 Å². The van der Waals surface area contributed by atoms with E-state index in [2.05, 4.69) is 15.0 Å². The average molecular weight is 336 g/mol. The fraction of sp³-hybridized carbons (Fsp3) is 0.529. The minimum Gasteiger partial charge on any atom is -0.393 e. The highest BCUT2D eigenvalue weighted by molar-refractivity contribution is 6.30. The lowest BCUT2D eigenvalue weighted by Gasteiger charge is -2.26. The van der Waals surface area contributed by atoms with E-state index in [1.807, 2.05) is 38.2 Å². The lowest BCUT2D eigenvalue weighted by Crippen LogP contribution is -2.32. The normalized spacial score (nSPS) is 22.7. The van der Waals surface area contributed by atoms with Crippen LogP contribution in [-0.2, 0) is 0 Å². The molecule has 6 heteroatoms. The van der Waals surface area contributed by atoms with Crippen molar-refractivity contribution in [3.05, 3.63) is 35.2 Å². The van der Waals surface area contributed by atoms with E-state index in [4.69, 9.17) is 16.1 Å². The lowest BCUT2D eigenvalue weighted by atomic mass is 10.0. The van der Waals surface area contributed by atoms with Gasteiger partial charge in [-0.2, -0.15) is 4.98 Å². The van der Waals surface area contributed by atoms with Crippen LogP contribution in [0.4, 0.5) is 0 Å². The van der Waals surface area contributed by atoms with E-state index < -0.39 is 0 Å². The highest BCUT2D eigenvalue weighted by Gasteiger charge is 2.29. The van der Waals surface area contributed by atoms with E-state index in [1.54, 1.807) is 0 Å². The zero-order valence-corrected chi connectivity index (χ0v) is 14.2. The summed E-state index contributed by atoms with van der Waals surface area (Å²) in [7, 11) is 2.03. The molecule has 0 radical (unpaired) electrons. The fourth-order valence-electron chi connectivity index (χ4n) is 3.07. The van der Waals surface area contributed by atoms with Crippen LogP contribution in [0.5, 0.6) is 0 Å². The van der Waals surface area contributed by atoms with E-state index in [1.165, 1.54) is 0 Å². The molecular formula is C17H22ClN3O2. The van der Waals surface area contributed by atoms with Gasteiger partial charge < -0.3 is 9.63 Å². The van der Waals surface area contributed by atoms with Gasteiger partial charge in [0.25, 0.3) is 0 Å². The Kier molecular flexibility index (Phi) is 4.99. The third kappa shape index (κ3) is 3.74. The minimum atomic E-state index is -0.183. The zero-order valence-electron chi connectivity index (χ0n) is 13.4. The van der Waals surface area contributed by atoms with Gasteiger partial charge in [0.1, 0.15) is 0 Å². The van der Waals surface area contributed by atoms with Crippen LogP contribution < -0.4 is 0 Å². The molecule has 0 bridgehead atoms. The fourth-order valence-corrected chi connectivity index (χ4v) is 3.19. The molecule has 0 amide bonds. The quantitative estimate of drug-likeness (QED) is 0.905. The molecule has 5 nitrogen and oxygen atoms in total. The molecule has 3 atom stereocenters. The number of nitrogens with zero attached hydrogens (tertiary/aromatic N) is 3. The predicted octanol–water partition coefficient (Wildman–Crippen LogP) is 3.54. The van der Waals surface area contributed by atoms with Crippen molar-refractivity contribution < 1.29 is 9.63 Å². The molecule has 0 saturated heterocycles. The molecule has 1 aromatic heterocycles. The molecule has 1 saturated carbocycles. The largest absolute Gasteiger partial charge is 0.393 e. The number of hydrogen-bond donors (Lipinski definition) is 1. The number of rotatable bonds is 5. The van der Waals surface area contributed by atoms with Gasteiger partial charge in [-0.05, 0) is 57.0 Å². The second-order valence-electron chi connectivity index (χ2n) is 6.34. The van der Waals surface area contributed by atoms with Crippen molar-refractivity contribution in [2.45, 2.75) is 38.3 Å². The molecule has 124 valence electrons. The van der Waals surface area contributed by atoms with Crippen molar-refractivity contribution in [2.75, 3.05) is 13.6 Å². The van der Waals surface area contributed by atoms with Crippen molar-refractivity contribution in [3.63, 3.8) is 0 Å². The maximum Gasteiger partial charge on any atom is 0.244 e. The van der Waals surface area contributed by atoms with Crippen LogP contribution in [0.3, 0.4) is 0 Å². The van der Waals surface area contributed by atoms with E-state index in [-0.39, 0.29) is 12.1 Å². The van der Waals surface area contributed by atoms with E-state index in [9.17, 15) is 5.11 Å². The van der Waals surface area contributed by atoms with Crippen molar-refractivity contribution in [1.29, 1.82) is 0 Å². The monoisotopic (exact) mass is 335 g/mol. The molecule has 1 aromatic carbocycles. The Bertz CT molecular complexity index is 644. The number of benzene rings is 1. The summed E-state index contributed by atoms with van der Waals surface area (Å²) < 4.78 is 5.43. The third-order valence-corrected chi connectivity index (χ3v) is 4.96. The molecule has 0 spiro atoms. The van der Waals surface area contributed by atoms with Crippen LogP contribution in [0.1, 0.15) is 38.1 Å². The maximum atomic E-state index is 9.98. The summed E-state index contributed by atoms with van der Waals surface area (Å²) in [5, 5.41) is 14.7. The SMILES string of the molecule is CC(c1nc(-c2ccc(Cl)cc2)no1)N(C)CC1CCCC1O. The van der Waals surface area contributed by atoms with Crippen LogP contribution in [0.15, 0.2) is 28.8 Å². The second-order valence-corrected chi connectivity index (χ2v) is 6.77. The van der Waals surface area contributed by atoms with Gasteiger partial charge in [-0.3, -0.25) is 4.90 Å². The summed E-state index contributed by atoms with van der Waals surface area (Å²) in [5.74, 6) is 1.49. The zero-order chi connectivity index (χ0) is 16.4. The summed E-state index contributed by atoms with van der Waals surface area (Å²) in [6.07, 6.45) is 2.92. The number of halogens is 1. The van der Waals surface area contributed by atoms with Gasteiger partial charge >= 0.3 is 0 Å². The maximum absolute atomic E-state index is 9.98. The summed E-state index contributed by atoms with van der Waals surface area (Å²) in [6.45, 7) is 2.88. The molecule has 1 aliphatic rings. The number of aliphatic hydroxyl groups is 1. The van der Waals surface area contributed by atoms with Gasteiger partial charge in [-0.25, -0.2) is 0 Å². The first-order valence-electron chi connectivity index (χ1n) is 8.02. The molecule has 23 heavy (non-hydrogen) atoms. The summed E-state index contributed by atoms with van der Waals surface area (Å²) in [4.78, 5) is 6.66. The van der Waals surface area contributed by atoms with Crippen LogP contribution in [0, 0.1) is 5.92 Å². The van der Waals surface area contributed by atoms with Crippen LogP contribution in [-0.4, -0.2) is 39.8 Å². The lowest BCUT2D eigenvalue weighted by molar-refractivity contribution is 0.0930. The smallest absolute Gasteiger partial charge is 0.244 e. The van der Waals surface area contributed by atoms with Gasteiger partial charge in [0.15, 0.2) is 0 Å². The molecular weight excluding hydrogens is 314 g/mol. The highest BCUT2D eigenvalue weighted by atomic mass is 35.5. The van der Waals surface area contributed by atoms with Gasteiger partial charge in [0, 0.05) is 17.1 Å². The Morgan fingerprint density at radius 2 is 2.09 bits per heavy atom. The van der Waals surface area contributed by atoms with Crippen LogP contribution in [0.2, 0.25) is 5.02 Å². The van der Waals surface area contributed by atoms with Gasteiger partial charge in [-0.1, -0.05) is 23.2 Å². The first-order valence-corrected chi connectivity index (χ1v) is 8.40. The standard InChI is InChI=1S/C17H22ClN3O2/c1-11(21(2)10-13-4-3-5-15(13)22)17-19-16(20-23-17)12-6-8-14(18)9-7-12/h6-9,11,13,15,22H,3-5,10H2,1-2H3. The van der Waals surface area contributed by atoms with Crippen molar-refractivity contribution in [3.8, 4) is 11.4 Å². The van der Waals surface area contributed by atoms with E-state index in [0.29, 0.717) is 22.7 Å². The molecule has 2 aromatic rings. The predicted molar refractivity (Wildman–Crippen MR) is 89.1 cm³/mol. The average Bonchev–Trinajstić information content (AvgIpc) is 3.17. The Morgan fingerprint density at radius 1 is 1.35 bits per heavy atom. The number of aliphatic hydroxyl groups excluding tert-OH is 1. The highest BCUT2D eigenvalue weighted by Crippen LogP contribution is 2.29. The van der Waals surface area contributed by atoms with Crippen molar-refractivity contribution in [1.82, 2.24) is 15.0 Å². The van der Waals surface area contributed by atoms with Gasteiger partial charge in [-0.15, -0.1) is 0 Å². The van der Waals surface area contributed by atoms with Gasteiger partial charge in [0.05, 0.1) is 12.1 Å². The molecule has 3 rings (SSSR count). The molecule has 1 fully saturated rings. The summed E-state index contributed by atoms with van der Waals surface area (Å²) in [5.41, 5.74) is 0.880. The summed E-state index contributed by atoms with van der Waals surface area (Å²) >= 11 is 5.90. The van der Waals surface area contributed by atoms with Crippen molar-refractivity contribution in [2.24, 2.45) is 5.92 Å². The summed E-state index contributed by atoms with van der Waals surface area (Å²) in [6, 6.07) is 7.38. The molecule has 0 aliphatic heterocycles. The Morgan fingerprint density at radius 3 is 2.74 bits per heavy atom. The Balaban J connectivity index is 1.67. The topological polar surface area (TPSA) is 62.4 Å². The molecule has 1 aliphatic carbocycles. The van der Waals surface area contributed by atoms with E-state index in [0.717, 1.165) is 31.4 Å². The molecule has 1 N–H and O–H groups in total. The van der Waals surface area contributed by atoms with E-state index >= 15 is 0 Å². The molecule has 1 heterocycles. The first kappa shape index (κ1) is 16.4. The molecule has 3 unspecified atom stereocenters. The first-order chi connectivity index (χ1) is 11.0. The van der Waals surface area contributed by atoms with Crippen LogP contribution >= 0.6 is 11.6 Å². The van der Waals surface area contributed by atoms with Crippen molar-refractivity contribution >= 4 is 11.6 Å². The minimum absolute atomic E-state index is 0.0105. The van der Waals surface area contributed by atoms with Crippen LogP contribution in [0.25, 0.3) is 11.4 Å². The van der Waals surface area contributed by atoms with Gasteiger partial charge in [0.2, 0.25) is 11.7 Å². The number of hydrogen-bond acceptors (Lipinski definition) is 5. The number of aromatic nitrogens is 2. The Hall–Kier alpha value is -1.43. The third-order valence-electron chi connectivity index (χ3n) is 4.70.